The lowest BCUT2D eigenvalue weighted by Crippen LogP contribution is -2.48. The van der Waals surface area contributed by atoms with Crippen molar-refractivity contribution in [2.75, 3.05) is 31.1 Å². The van der Waals surface area contributed by atoms with Gasteiger partial charge in [0, 0.05) is 32.2 Å². The van der Waals surface area contributed by atoms with E-state index in [1.54, 1.807) is 6.07 Å². The van der Waals surface area contributed by atoms with E-state index in [4.69, 9.17) is 0 Å². The number of carbonyl (C=O) groups excluding carboxylic acids is 1. The Hall–Kier alpha value is -2.48. The van der Waals surface area contributed by atoms with E-state index >= 15 is 0 Å². The lowest BCUT2D eigenvalue weighted by atomic mass is 10.2. The summed E-state index contributed by atoms with van der Waals surface area (Å²) >= 11 is 1.45. The molecule has 3 heterocycles. The lowest BCUT2D eigenvalue weighted by Gasteiger charge is -2.35. The van der Waals surface area contributed by atoms with Crippen LogP contribution in [-0.2, 0) is 0 Å². The molecule has 1 saturated heterocycles. The highest BCUT2D eigenvalue weighted by atomic mass is 32.1. The second-order valence-corrected chi connectivity index (χ2v) is 5.84. The molecule has 8 heteroatoms. The normalized spacial score (nSPS) is 14.9. The Morgan fingerprint density at radius 2 is 2.00 bits per heavy atom. The Morgan fingerprint density at radius 1 is 1.23 bits per heavy atom. The van der Waals surface area contributed by atoms with Gasteiger partial charge in [-0.2, -0.15) is 0 Å². The van der Waals surface area contributed by atoms with Crippen LogP contribution in [0.3, 0.4) is 0 Å². The van der Waals surface area contributed by atoms with E-state index in [0.29, 0.717) is 32.0 Å². The number of pyridine rings is 1. The number of aromatic nitrogens is 1. The summed E-state index contributed by atoms with van der Waals surface area (Å²) in [5, 5.41) is 12.5. The van der Waals surface area contributed by atoms with E-state index in [9.17, 15) is 14.9 Å². The van der Waals surface area contributed by atoms with Gasteiger partial charge in [0.15, 0.2) is 0 Å². The highest BCUT2D eigenvalue weighted by Crippen LogP contribution is 2.19. The smallest absolute Gasteiger partial charge is 0.287 e. The van der Waals surface area contributed by atoms with E-state index < -0.39 is 4.92 Å². The topological polar surface area (TPSA) is 79.6 Å². The molecule has 0 unspecified atom stereocenters. The van der Waals surface area contributed by atoms with Crippen LogP contribution in [0.1, 0.15) is 9.67 Å². The van der Waals surface area contributed by atoms with E-state index in [2.05, 4.69) is 4.98 Å². The molecule has 0 bridgehead atoms. The second kappa shape index (κ2) is 6.10. The molecule has 114 valence electrons. The van der Waals surface area contributed by atoms with E-state index in [-0.39, 0.29) is 11.6 Å². The highest BCUT2D eigenvalue weighted by molar-refractivity contribution is 7.12. The monoisotopic (exact) mass is 318 g/mol. The van der Waals surface area contributed by atoms with Gasteiger partial charge in [-0.1, -0.05) is 6.07 Å². The van der Waals surface area contributed by atoms with Crippen molar-refractivity contribution in [3.63, 3.8) is 0 Å². The molecule has 0 radical (unpaired) electrons. The number of nitro groups is 1. The van der Waals surface area contributed by atoms with Crippen LogP contribution in [0, 0.1) is 10.1 Å². The largest absolute Gasteiger partial charge is 0.353 e. The molecule has 2 aromatic rings. The van der Waals surface area contributed by atoms with Crippen molar-refractivity contribution in [1.29, 1.82) is 0 Å². The quantitative estimate of drug-likeness (QED) is 0.639. The third-order valence-electron chi connectivity index (χ3n) is 3.57. The lowest BCUT2D eigenvalue weighted by molar-refractivity contribution is -0.385. The molecule has 0 saturated carbocycles. The number of carbonyl (C=O) groups is 1. The molecule has 1 aliphatic rings. The SMILES string of the molecule is O=C(c1cccs1)N1CCN(c2ccc([N+](=O)[O-])cn2)CC1. The van der Waals surface area contributed by atoms with Crippen molar-refractivity contribution >= 4 is 28.7 Å². The van der Waals surface area contributed by atoms with Crippen LogP contribution in [0.25, 0.3) is 0 Å². The fourth-order valence-electron chi connectivity index (χ4n) is 2.37. The number of anilines is 1. The third kappa shape index (κ3) is 2.91. The van der Waals surface area contributed by atoms with Crippen molar-refractivity contribution in [3.8, 4) is 0 Å². The molecule has 0 atom stereocenters. The molecule has 0 aliphatic carbocycles. The van der Waals surface area contributed by atoms with Crippen LogP contribution in [0.5, 0.6) is 0 Å². The van der Waals surface area contributed by atoms with Crippen LogP contribution in [0.4, 0.5) is 11.5 Å². The Morgan fingerprint density at radius 3 is 2.55 bits per heavy atom. The Bertz CT molecular complexity index is 664. The van der Waals surface area contributed by atoms with Gasteiger partial charge < -0.3 is 9.80 Å². The average Bonchev–Trinajstić information content (AvgIpc) is 3.09. The number of nitrogens with zero attached hydrogens (tertiary/aromatic N) is 4. The van der Waals surface area contributed by atoms with Gasteiger partial charge in [-0.15, -0.1) is 11.3 Å². The second-order valence-electron chi connectivity index (χ2n) is 4.89. The van der Waals surface area contributed by atoms with Gasteiger partial charge in [0.25, 0.3) is 11.6 Å². The van der Waals surface area contributed by atoms with Gasteiger partial charge >= 0.3 is 0 Å². The molecule has 22 heavy (non-hydrogen) atoms. The van der Waals surface area contributed by atoms with Crippen molar-refractivity contribution in [1.82, 2.24) is 9.88 Å². The Kier molecular flexibility index (Phi) is 4.01. The predicted molar refractivity (Wildman–Crippen MR) is 83.3 cm³/mol. The standard InChI is InChI=1S/C14H14N4O3S/c19-14(12-2-1-9-22-12)17-7-5-16(6-8-17)13-4-3-11(10-15-13)18(20)21/h1-4,9-10H,5-8H2. The molecule has 7 nitrogen and oxygen atoms in total. The minimum Gasteiger partial charge on any atom is -0.353 e. The summed E-state index contributed by atoms with van der Waals surface area (Å²) in [7, 11) is 0. The minimum atomic E-state index is -0.464. The van der Waals surface area contributed by atoms with E-state index in [0.717, 1.165) is 4.88 Å². The van der Waals surface area contributed by atoms with Crippen molar-refractivity contribution in [2.45, 2.75) is 0 Å². The maximum absolute atomic E-state index is 12.3. The number of rotatable bonds is 3. The molecule has 2 aromatic heterocycles. The van der Waals surface area contributed by atoms with Crippen LogP contribution < -0.4 is 4.90 Å². The van der Waals surface area contributed by atoms with Crippen LogP contribution in [0.2, 0.25) is 0 Å². The van der Waals surface area contributed by atoms with Crippen molar-refractivity contribution < 1.29 is 9.72 Å². The molecule has 1 fully saturated rings. The van der Waals surface area contributed by atoms with Crippen LogP contribution >= 0.6 is 11.3 Å². The first-order chi connectivity index (χ1) is 10.6. The summed E-state index contributed by atoms with van der Waals surface area (Å²) in [4.78, 5) is 31.1. The van der Waals surface area contributed by atoms with Gasteiger partial charge in [-0.3, -0.25) is 14.9 Å². The molecular weight excluding hydrogens is 304 g/mol. The summed E-state index contributed by atoms with van der Waals surface area (Å²) in [6, 6.07) is 6.80. The zero-order chi connectivity index (χ0) is 15.5. The summed E-state index contributed by atoms with van der Waals surface area (Å²) in [6.45, 7) is 2.58. The molecule has 0 N–H and O–H groups in total. The van der Waals surface area contributed by atoms with Crippen LogP contribution in [-0.4, -0.2) is 46.9 Å². The zero-order valence-electron chi connectivity index (χ0n) is 11.7. The molecule has 3 rings (SSSR count). The first-order valence-corrected chi connectivity index (χ1v) is 7.71. The summed E-state index contributed by atoms with van der Waals surface area (Å²) in [6.07, 6.45) is 1.26. The fraction of sp³-hybridized carbons (Fsp3) is 0.286. The molecule has 1 amide bonds. The highest BCUT2D eigenvalue weighted by Gasteiger charge is 2.23. The molecular formula is C14H14N4O3S. The molecule has 0 aromatic carbocycles. The fourth-order valence-corrected chi connectivity index (χ4v) is 3.06. The maximum Gasteiger partial charge on any atom is 0.287 e. The number of hydrogen-bond donors (Lipinski definition) is 0. The predicted octanol–water partition coefficient (Wildman–Crippen LogP) is 2.01. The van der Waals surface area contributed by atoms with E-state index in [1.165, 1.54) is 23.6 Å². The summed E-state index contributed by atoms with van der Waals surface area (Å²) in [5.41, 5.74) is -0.0183. The number of thiophene rings is 1. The summed E-state index contributed by atoms with van der Waals surface area (Å²) in [5.74, 6) is 0.764. The number of hydrogen-bond acceptors (Lipinski definition) is 6. The van der Waals surface area contributed by atoms with Gasteiger partial charge in [0.2, 0.25) is 0 Å². The first kappa shape index (κ1) is 14.5. The number of piperazine rings is 1. The Labute approximate surface area is 131 Å². The van der Waals surface area contributed by atoms with Crippen LogP contribution in [0.15, 0.2) is 35.8 Å². The average molecular weight is 318 g/mol. The third-order valence-corrected chi connectivity index (χ3v) is 4.42. The summed E-state index contributed by atoms with van der Waals surface area (Å²) < 4.78 is 0. The van der Waals surface area contributed by atoms with Crippen molar-refractivity contribution in [2.24, 2.45) is 0 Å². The van der Waals surface area contributed by atoms with Gasteiger partial charge in [0.05, 0.1) is 9.80 Å². The first-order valence-electron chi connectivity index (χ1n) is 6.83. The van der Waals surface area contributed by atoms with Crippen molar-refractivity contribution in [3.05, 3.63) is 50.8 Å². The maximum atomic E-state index is 12.3. The van der Waals surface area contributed by atoms with E-state index in [1.807, 2.05) is 27.3 Å². The Balaban J connectivity index is 1.62. The molecule has 0 spiro atoms. The minimum absolute atomic E-state index is 0.0183. The van der Waals surface area contributed by atoms with Gasteiger partial charge in [-0.05, 0) is 17.5 Å². The van der Waals surface area contributed by atoms with Gasteiger partial charge in [0.1, 0.15) is 12.0 Å². The van der Waals surface area contributed by atoms with Gasteiger partial charge in [-0.25, -0.2) is 4.98 Å². The zero-order valence-corrected chi connectivity index (χ0v) is 12.5. The molecule has 1 aliphatic heterocycles. The number of amides is 1.